The minimum atomic E-state index is 0.156. The Labute approximate surface area is 139 Å². The summed E-state index contributed by atoms with van der Waals surface area (Å²) in [4.78, 5) is 11.1. The van der Waals surface area contributed by atoms with Gasteiger partial charge in [0.1, 0.15) is 17.0 Å². The van der Waals surface area contributed by atoms with Gasteiger partial charge in [-0.2, -0.15) is 0 Å². The van der Waals surface area contributed by atoms with Gasteiger partial charge < -0.3 is 10.1 Å². The summed E-state index contributed by atoms with van der Waals surface area (Å²) in [6, 6.07) is 13.0. The smallest absolute Gasteiger partial charge is 0.138 e. The quantitative estimate of drug-likeness (QED) is 0.778. The molecule has 5 heteroatoms. The molecule has 0 saturated carbocycles. The summed E-state index contributed by atoms with van der Waals surface area (Å²) in [6.07, 6.45) is 3.76. The SMILES string of the molecule is Cc1cc2c(NC3CCOC(c4ccccc4)C3)ncnc2s1. The second-order valence-corrected chi connectivity index (χ2v) is 7.17. The molecule has 1 N–H and O–H groups in total. The summed E-state index contributed by atoms with van der Waals surface area (Å²) in [5.41, 5.74) is 1.25. The van der Waals surface area contributed by atoms with Gasteiger partial charge in [0.05, 0.1) is 11.5 Å². The molecule has 1 aliphatic rings. The molecule has 1 aliphatic heterocycles. The molecule has 0 amide bonds. The number of thiophene rings is 1. The molecular formula is C18H19N3OS. The van der Waals surface area contributed by atoms with Crippen LogP contribution in [0.2, 0.25) is 0 Å². The number of nitrogens with one attached hydrogen (secondary N) is 1. The third kappa shape index (κ3) is 3.07. The first kappa shape index (κ1) is 14.6. The van der Waals surface area contributed by atoms with E-state index in [1.807, 2.05) is 6.07 Å². The zero-order valence-electron chi connectivity index (χ0n) is 13.0. The minimum absolute atomic E-state index is 0.156. The lowest BCUT2D eigenvalue weighted by Gasteiger charge is -2.30. The largest absolute Gasteiger partial charge is 0.373 e. The molecule has 2 unspecified atom stereocenters. The fourth-order valence-corrected chi connectivity index (χ4v) is 3.96. The Morgan fingerprint density at radius 3 is 2.96 bits per heavy atom. The first-order chi connectivity index (χ1) is 11.3. The fourth-order valence-electron chi connectivity index (χ4n) is 3.11. The Bertz CT molecular complexity index is 802. The van der Waals surface area contributed by atoms with E-state index in [1.165, 1.54) is 10.4 Å². The van der Waals surface area contributed by atoms with Gasteiger partial charge in [-0.15, -0.1) is 11.3 Å². The first-order valence-electron chi connectivity index (χ1n) is 7.94. The lowest BCUT2D eigenvalue weighted by atomic mass is 9.97. The van der Waals surface area contributed by atoms with E-state index in [0.717, 1.165) is 35.5 Å². The van der Waals surface area contributed by atoms with Crippen LogP contribution >= 0.6 is 11.3 Å². The van der Waals surface area contributed by atoms with Gasteiger partial charge in [0, 0.05) is 17.5 Å². The van der Waals surface area contributed by atoms with E-state index in [-0.39, 0.29) is 6.10 Å². The molecule has 0 spiro atoms. The van der Waals surface area contributed by atoms with Gasteiger partial charge in [0.15, 0.2) is 0 Å². The third-order valence-corrected chi connectivity index (χ3v) is 5.21. The minimum Gasteiger partial charge on any atom is -0.373 e. The van der Waals surface area contributed by atoms with Crippen molar-refractivity contribution in [2.24, 2.45) is 0 Å². The summed E-state index contributed by atoms with van der Waals surface area (Å²) < 4.78 is 5.95. The molecule has 3 aromatic rings. The van der Waals surface area contributed by atoms with Crippen molar-refractivity contribution in [2.75, 3.05) is 11.9 Å². The number of fused-ring (bicyclic) bond motifs is 1. The molecule has 0 bridgehead atoms. The van der Waals surface area contributed by atoms with Crippen LogP contribution in [-0.2, 0) is 4.74 Å². The molecule has 1 saturated heterocycles. The highest BCUT2D eigenvalue weighted by Crippen LogP contribution is 2.32. The van der Waals surface area contributed by atoms with Crippen molar-refractivity contribution >= 4 is 27.4 Å². The molecule has 118 valence electrons. The van der Waals surface area contributed by atoms with Crippen LogP contribution in [0.25, 0.3) is 10.2 Å². The molecule has 0 radical (unpaired) electrons. The van der Waals surface area contributed by atoms with Crippen LogP contribution in [0, 0.1) is 6.92 Å². The van der Waals surface area contributed by atoms with E-state index in [4.69, 9.17) is 4.74 Å². The Morgan fingerprint density at radius 1 is 1.22 bits per heavy atom. The number of hydrogen-bond acceptors (Lipinski definition) is 5. The molecule has 4 nitrogen and oxygen atoms in total. The Kier molecular flexibility index (Phi) is 3.97. The van der Waals surface area contributed by atoms with Gasteiger partial charge in [0.2, 0.25) is 0 Å². The standard InChI is InChI=1S/C18H19N3OS/c1-12-9-15-17(19-11-20-18(15)23-12)21-14-7-8-22-16(10-14)13-5-3-2-4-6-13/h2-6,9,11,14,16H,7-8,10H2,1H3,(H,19,20,21). The number of hydrogen-bond donors (Lipinski definition) is 1. The number of nitrogens with zero attached hydrogens (tertiary/aromatic N) is 2. The maximum atomic E-state index is 5.95. The van der Waals surface area contributed by atoms with Crippen LogP contribution in [0.4, 0.5) is 5.82 Å². The highest BCUT2D eigenvalue weighted by Gasteiger charge is 2.24. The van der Waals surface area contributed by atoms with Crippen molar-refractivity contribution in [1.29, 1.82) is 0 Å². The summed E-state index contributed by atoms with van der Waals surface area (Å²) >= 11 is 1.71. The number of aromatic nitrogens is 2. The average molecular weight is 325 g/mol. The number of benzene rings is 1. The van der Waals surface area contributed by atoms with Crippen molar-refractivity contribution in [3.05, 3.63) is 53.2 Å². The van der Waals surface area contributed by atoms with E-state index < -0.39 is 0 Å². The molecule has 3 heterocycles. The molecule has 2 atom stereocenters. The summed E-state index contributed by atoms with van der Waals surface area (Å²) in [7, 11) is 0. The van der Waals surface area contributed by atoms with Crippen LogP contribution in [0.3, 0.4) is 0 Å². The van der Waals surface area contributed by atoms with E-state index in [0.29, 0.717) is 6.04 Å². The average Bonchev–Trinajstić information content (AvgIpc) is 2.97. The molecule has 0 aliphatic carbocycles. The fraction of sp³-hybridized carbons (Fsp3) is 0.333. The van der Waals surface area contributed by atoms with E-state index in [9.17, 15) is 0 Å². The van der Waals surface area contributed by atoms with Crippen LogP contribution < -0.4 is 5.32 Å². The molecule has 2 aromatic heterocycles. The number of aryl methyl sites for hydroxylation is 1. The molecule has 4 rings (SSSR count). The second kappa shape index (κ2) is 6.26. The summed E-state index contributed by atoms with van der Waals surface area (Å²) in [5, 5.41) is 4.74. The predicted molar refractivity (Wildman–Crippen MR) is 93.9 cm³/mol. The second-order valence-electron chi connectivity index (χ2n) is 5.93. The third-order valence-electron chi connectivity index (χ3n) is 4.25. The lowest BCUT2D eigenvalue weighted by Crippen LogP contribution is -2.30. The summed E-state index contributed by atoms with van der Waals surface area (Å²) in [5.74, 6) is 0.943. The van der Waals surface area contributed by atoms with Gasteiger partial charge in [-0.05, 0) is 31.4 Å². The molecular weight excluding hydrogens is 306 g/mol. The van der Waals surface area contributed by atoms with Gasteiger partial charge in [-0.3, -0.25) is 0 Å². The Balaban J connectivity index is 1.54. The highest BCUT2D eigenvalue weighted by atomic mass is 32.1. The monoisotopic (exact) mass is 325 g/mol. The van der Waals surface area contributed by atoms with Gasteiger partial charge in [0.25, 0.3) is 0 Å². The Hall–Kier alpha value is -1.98. The first-order valence-corrected chi connectivity index (χ1v) is 8.75. The van der Waals surface area contributed by atoms with Crippen LogP contribution in [-0.4, -0.2) is 22.6 Å². The van der Waals surface area contributed by atoms with Crippen molar-refractivity contribution < 1.29 is 4.74 Å². The van der Waals surface area contributed by atoms with Crippen LogP contribution in [0.1, 0.15) is 29.4 Å². The molecule has 1 fully saturated rings. The van der Waals surface area contributed by atoms with E-state index in [2.05, 4.69) is 52.5 Å². The molecule has 23 heavy (non-hydrogen) atoms. The molecule has 1 aromatic carbocycles. The zero-order chi connectivity index (χ0) is 15.6. The zero-order valence-corrected chi connectivity index (χ0v) is 13.8. The summed E-state index contributed by atoms with van der Waals surface area (Å²) in [6.45, 7) is 2.88. The van der Waals surface area contributed by atoms with Gasteiger partial charge in [-0.1, -0.05) is 30.3 Å². The number of rotatable bonds is 3. The van der Waals surface area contributed by atoms with Crippen molar-refractivity contribution in [3.63, 3.8) is 0 Å². The van der Waals surface area contributed by atoms with Crippen molar-refractivity contribution in [2.45, 2.75) is 31.9 Å². The van der Waals surface area contributed by atoms with E-state index in [1.54, 1.807) is 17.7 Å². The van der Waals surface area contributed by atoms with Crippen molar-refractivity contribution in [1.82, 2.24) is 9.97 Å². The number of ether oxygens (including phenoxy) is 1. The highest BCUT2D eigenvalue weighted by molar-refractivity contribution is 7.18. The van der Waals surface area contributed by atoms with E-state index >= 15 is 0 Å². The normalized spacial score (nSPS) is 21.4. The topological polar surface area (TPSA) is 47.0 Å². The predicted octanol–water partition coefficient (Wildman–Crippen LogP) is 4.33. The Morgan fingerprint density at radius 2 is 2.09 bits per heavy atom. The van der Waals surface area contributed by atoms with Gasteiger partial charge >= 0.3 is 0 Å². The van der Waals surface area contributed by atoms with Crippen LogP contribution in [0.5, 0.6) is 0 Å². The lowest BCUT2D eigenvalue weighted by molar-refractivity contribution is 0.00976. The number of anilines is 1. The van der Waals surface area contributed by atoms with Crippen LogP contribution in [0.15, 0.2) is 42.7 Å². The maximum Gasteiger partial charge on any atom is 0.138 e. The maximum absolute atomic E-state index is 5.95. The van der Waals surface area contributed by atoms with Gasteiger partial charge in [-0.25, -0.2) is 9.97 Å². The van der Waals surface area contributed by atoms with Crippen molar-refractivity contribution in [3.8, 4) is 0 Å².